The van der Waals surface area contributed by atoms with Crippen LogP contribution in [0.1, 0.15) is 12.0 Å². The molecule has 0 aliphatic rings. The number of hydrogen-bond acceptors (Lipinski definition) is 4. The van der Waals surface area contributed by atoms with E-state index in [2.05, 4.69) is 5.32 Å². The van der Waals surface area contributed by atoms with Crippen molar-refractivity contribution in [2.75, 3.05) is 19.8 Å². The van der Waals surface area contributed by atoms with Gasteiger partial charge in [-0.2, -0.15) is 5.26 Å². The number of nitrogens with zero attached hydrogens (tertiary/aromatic N) is 1. The Morgan fingerprint density at radius 2 is 1.81 bits per heavy atom. The number of ether oxygens (including phenoxy) is 2. The smallest absolute Gasteiger partial charge is 0.234 e. The molecule has 2 aromatic carbocycles. The van der Waals surface area contributed by atoms with Crippen LogP contribution in [-0.4, -0.2) is 25.7 Å². The summed E-state index contributed by atoms with van der Waals surface area (Å²) in [5, 5.41) is 12.3. The van der Waals surface area contributed by atoms with E-state index in [1.807, 2.05) is 18.2 Å². The fraction of sp³-hybridized carbons (Fsp3) is 0.263. The van der Waals surface area contributed by atoms with Crippen LogP contribution in [0.25, 0.3) is 0 Å². The van der Waals surface area contributed by atoms with Gasteiger partial charge in [-0.15, -0.1) is 0 Å². The lowest BCUT2D eigenvalue weighted by atomic mass is 10.1. The van der Waals surface area contributed by atoms with E-state index in [1.54, 1.807) is 30.3 Å². The first kappa shape index (κ1) is 19.9. The van der Waals surface area contributed by atoms with E-state index in [0.29, 0.717) is 47.7 Å². The molecule has 26 heavy (non-hydrogen) atoms. The molecule has 1 amide bonds. The number of nitrogens with one attached hydrogen (secondary N) is 1. The van der Waals surface area contributed by atoms with Crippen LogP contribution >= 0.6 is 23.2 Å². The number of hydrogen-bond donors (Lipinski definition) is 1. The molecule has 1 N–H and O–H groups in total. The van der Waals surface area contributed by atoms with Gasteiger partial charge in [-0.05, 0) is 42.3 Å². The fourth-order valence-corrected chi connectivity index (χ4v) is 2.61. The van der Waals surface area contributed by atoms with E-state index in [0.717, 1.165) is 5.56 Å². The van der Waals surface area contributed by atoms with Crippen molar-refractivity contribution in [2.45, 2.75) is 12.8 Å². The van der Waals surface area contributed by atoms with Gasteiger partial charge in [-0.3, -0.25) is 4.79 Å². The summed E-state index contributed by atoms with van der Waals surface area (Å²) >= 11 is 12.1. The summed E-state index contributed by atoms with van der Waals surface area (Å²) in [5.41, 5.74) is 0.868. The molecule has 0 spiro atoms. The van der Waals surface area contributed by atoms with Gasteiger partial charge in [0.1, 0.15) is 31.1 Å². The molecule has 0 heterocycles. The van der Waals surface area contributed by atoms with Crippen LogP contribution < -0.4 is 14.8 Å². The standard InChI is InChI=1S/C19H18Cl2N2O3/c20-15-5-6-17(14(13-15)8-10-23-19(24)7-9-22)25-11-12-26-18-4-2-1-3-16(18)21/h1-6,13H,7-8,10-12H2,(H,23,24). The van der Waals surface area contributed by atoms with E-state index in [4.69, 9.17) is 37.9 Å². The highest BCUT2D eigenvalue weighted by atomic mass is 35.5. The molecule has 0 aliphatic heterocycles. The van der Waals surface area contributed by atoms with Gasteiger partial charge >= 0.3 is 0 Å². The summed E-state index contributed by atoms with van der Waals surface area (Å²) < 4.78 is 11.4. The summed E-state index contributed by atoms with van der Waals surface area (Å²) in [6, 6.07) is 14.4. The van der Waals surface area contributed by atoms with Crippen molar-refractivity contribution in [1.29, 1.82) is 5.26 Å². The quantitative estimate of drug-likeness (QED) is 0.654. The van der Waals surface area contributed by atoms with E-state index >= 15 is 0 Å². The molecular formula is C19H18Cl2N2O3. The zero-order valence-electron chi connectivity index (χ0n) is 14.0. The second kappa shape index (κ2) is 10.5. The molecule has 5 nitrogen and oxygen atoms in total. The molecular weight excluding hydrogens is 375 g/mol. The average Bonchev–Trinajstić information content (AvgIpc) is 2.62. The zero-order valence-corrected chi connectivity index (χ0v) is 15.5. The van der Waals surface area contributed by atoms with E-state index < -0.39 is 0 Å². The predicted octanol–water partition coefficient (Wildman–Crippen LogP) is 4.02. The van der Waals surface area contributed by atoms with Crippen molar-refractivity contribution in [3.63, 3.8) is 0 Å². The Kier molecular flexibility index (Phi) is 8.07. The zero-order chi connectivity index (χ0) is 18.8. The molecule has 2 aromatic rings. The van der Waals surface area contributed by atoms with Crippen LogP contribution in [0.4, 0.5) is 0 Å². The molecule has 7 heteroatoms. The molecule has 0 saturated carbocycles. The highest BCUT2D eigenvalue weighted by Crippen LogP contribution is 2.25. The average molecular weight is 393 g/mol. The van der Waals surface area contributed by atoms with Crippen molar-refractivity contribution in [3.8, 4) is 17.6 Å². The number of halogens is 2. The SMILES string of the molecule is N#CCC(=O)NCCc1cc(Cl)ccc1OCCOc1ccccc1Cl. The Morgan fingerprint density at radius 1 is 1.08 bits per heavy atom. The van der Waals surface area contributed by atoms with E-state index in [-0.39, 0.29) is 12.3 Å². The Morgan fingerprint density at radius 3 is 2.54 bits per heavy atom. The number of rotatable bonds is 9. The van der Waals surface area contributed by atoms with Crippen LogP contribution in [0.2, 0.25) is 10.0 Å². The largest absolute Gasteiger partial charge is 0.490 e. The number of nitriles is 1. The molecule has 0 unspecified atom stereocenters. The third kappa shape index (κ3) is 6.47. The Hall–Kier alpha value is -2.42. The van der Waals surface area contributed by atoms with Crippen LogP contribution in [-0.2, 0) is 11.2 Å². The van der Waals surface area contributed by atoms with Gasteiger partial charge < -0.3 is 14.8 Å². The van der Waals surface area contributed by atoms with Crippen molar-refractivity contribution >= 4 is 29.1 Å². The first-order chi connectivity index (χ1) is 12.6. The normalized spacial score (nSPS) is 10.0. The van der Waals surface area contributed by atoms with Crippen LogP contribution in [0.5, 0.6) is 11.5 Å². The van der Waals surface area contributed by atoms with Crippen molar-refractivity contribution in [3.05, 3.63) is 58.1 Å². The minimum Gasteiger partial charge on any atom is -0.490 e. The molecule has 0 saturated heterocycles. The lowest BCUT2D eigenvalue weighted by Gasteiger charge is -2.13. The van der Waals surface area contributed by atoms with Gasteiger partial charge in [0.25, 0.3) is 0 Å². The molecule has 0 aromatic heterocycles. The summed E-state index contributed by atoms with van der Waals surface area (Å²) in [6.45, 7) is 1.07. The third-order valence-electron chi connectivity index (χ3n) is 3.41. The highest BCUT2D eigenvalue weighted by Gasteiger charge is 2.07. The third-order valence-corrected chi connectivity index (χ3v) is 3.96. The second-order valence-corrected chi connectivity index (χ2v) is 6.16. The van der Waals surface area contributed by atoms with Gasteiger partial charge in [0.2, 0.25) is 5.91 Å². The first-order valence-electron chi connectivity index (χ1n) is 8.02. The van der Waals surface area contributed by atoms with Crippen LogP contribution in [0, 0.1) is 11.3 Å². The van der Waals surface area contributed by atoms with E-state index in [1.165, 1.54) is 0 Å². The lowest BCUT2D eigenvalue weighted by Crippen LogP contribution is -2.25. The van der Waals surface area contributed by atoms with Gasteiger partial charge in [-0.1, -0.05) is 35.3 Å². The number of para-hydroxylation sites is 1. The molecule has 0 aliphatic carbocycles. The molecule has 0 bridgehead atoms. The van der Waals surface area contributed by atoms with Gasteiger partial charge in [0.05, 0.1) is 11.1 Å². The van der Waals surface area contributed by atoms with Crippen LogP contribution in [0.3, 0.4) is 0 Å². The number of benzene rings is 2. The second-order valence-electron chi connectivity index (χ2n) is 5.31. The lowest BCUT2D eigenvalue weighted by molar-refractivity contribution is -0.120. The number of carbonyl (C=O) groups excluding carboxylic acids is 1. The van der Waals surface area contributed by atoms with Gasteiger partial charge in [0.15, 0.2) is 0 Å². The van der Waals surface area contributed by atoms with Crippen LogP contribution in [0.15, 0.2) is 42.5 Å². The maximum absolute atomic E-state index is 11.3. The minimum absolute atomic E-state index is 0.154. The van der Waals surface area contributed by atoms with Crippen molar-refractivity contribution < 1.29 is 14.3 Å². The highest BCUT2D eigenvalue weighted by molar-refractivity contribution is 6.32. The van der Waals surface area contributed by atoms with E-state index in [9.17, 15) is 4.79 Å². The number of amides is 1. The first-order valence-corrected chi connectivity index (χ1v) is 8.78. The minimum atomic E-state index is -0.301. The molecule has 136 valence electrons. The van der Waals surface area contributed by atoms with Gasteiger partial charge in [0, 0.05) is 11.6 Å². The molecule has 2 rings (SSSR count). The topological polar surface area (TPSA) is 71.4 Å². The monoisotopic (exact) mass is 392 g/mol. The molecule has 0 radical (unpaired) electrons. The predicted molar refractivity (Wildman–Crippen MR) is 101 cm³/mol. The maximum atomic E-state index is 11.3. The van der Waals surface area contributed by atoms with Crippen molar-refractivity contribution in [1.82, 2.24) is 5.32 Å². The van der Waals surface area contributed by atoms with Gasteiger partial charge in [-0.25, -0.2) is 0 Å². The van der Waals surface area contributed by atoms with Crippen molar-refractivity contribution in [2.24, 2.45) is 0 Å². The Balaban J connectivity index is 1.85. The summed E-state index contributed by atoms with van der Waals surface area (Å²) in [7, 11) is 0. The summed E-state index contributed by atoms with van der Waals surface area (Å²) in [4.78, 5) is 11.3. The summed E-state index contributed by atoms with van der Waals surface area (Å²) in [6.07, 6.45) is 0.386. The molecule has 0 atom stereocenters. The number of carbonyl (C=O) groups is 1. The maximum Gasteiger partial charge on any atom is 0.234 e. The summed E-state index contributed by atoms with van der Waals surface area (Å²) in [5.74, 6) is 0.978. The Bertz CT molecular complexity index is 791. The Labute approximate surface area is 162 Å². The molecule has 0 fully saturated rings. The fourth-order valence-electron chi connectivity index (χ4n) is 2.22.